The highest BCUT2D eigenvalue weighted by Gasteiger charge is 2.39. The van der Waals surface area contributed by atoms with E-state index >= 15 is 0 Å². The van der Waals surface area contributed by atoms with Gasteiger partial charge >= 0.3 is 12.2 Å². The van der Waals surface area contributed by atoms with Crippen LogP contribution < -0.4 is 5.43 Å². The molecule has 1 N–H and O–H groups in total. The highest BCUT2D eigenvalue weighted by molar-refractivity contribution is 7.99. The first kappa shape index (κ1) is 14.9. The van der Waals surface area contributed by atoms with Crippen molar-refractivity contribution < 1.29 is 19.1 Å². The number of amides is 2. The number of hydrogen-bond acceptors (Lipinski definition) is 5. The van der Waals surface area contributed by atoms with E-state index in [-0.39, 0.29) is 17.9 Å². The van der Waals surface area contributed by atoms with Crippen molar-refractivity contribution in [3.8, 4) is 0 Å². The monoisotopic (exact) mass is 276 g/mol. The lowest BCUT2D eigenvalue weighted by atomic mass is 10.2. The minimum Gasteiger partial charge on any atom is -0.449 e. The zero-order valence-electron chi connectivity index (χ0n) is 11.0. The lowest BCUT2D eigenvalue weighted by Crippen LogP contribution is -2.51. The van der Waals surface area contributed by atoms with Crippen LogP contribution in [0.2, 0.25) is 0 Å². The van der Waals surface area contributed by atoms with Crippen LogP contribution in [-0.4, -0.2) is 47.5 Å². The van der Waals surface area contributed by atoms with Gasteiger partial charge in [0.05, 0.1) is 6.61 Å². The molecule has 0 bridgehead atoms. The first-order valence-electron chi connectivity index (χ1n) is 6.14. The van der Waals surface area contributed by atoms with Gasteiger partial charge in [-0.3, -0.25) is 0 Å². The SMILES string of the molecule is CCOC(=O)NN1C(=O)OCC1[C@@H](CC)SCC. The summed E-state index contributed by atoms with van der Waals surface area (Å²) in [5.74, 6) is 0.955. The molecule has 1 heterocycles. The average molecular weight is 276 g/mol. The Kier molecular flexibility index (Phi) is 6.11. The van der Waals surface area contributed by atoms with E-state index in [4.69, 9.17) is 9.47 Å². The summed E-state index contributed by atoms with van der Waals surface area (Å²) in [6.07, 6.45) is -0.248. The van der Waals surface area contributed by atoms with E-state index in [0.717, 1.165) is 12.2 Å². The minimum atomic E-state index is -0.627. The molecule has 0 saturated carbocycles. The van der Waals surface area contributed by atoms with Crippen LogP contribution in [0, 0.1) is 0 Å². The average Bonchev–Trinajstić information content (AvgIpc) is 2.69. The van der Waals surface area contributed by atoms with Crippen molar-refractivity contribution in [1.29, 1.82) is 0 Å². The van der Waals surface area contributed by atoms with Crippen molar-refractivity contribution in [1.82, 2.24) is 10.4 Å². The highest BCUT2D eigenvalue weighted by Crippen LogP contribution is 2.25. The molecule has 1 fully saturated rings. The number of nitrogens with zero attached hydrogens (tertiary/aromatic N) is 1. The molecule has 0 aromatic carbocycles. The summed E-state index contributed by atoms with van der Waals surface area (Å²) >= 11 is 1.75. The Morgan fingerprint density at radius 2 is 2.33 bits per heavy atom. The Balaban J connectivity index is 2.65. The summed E-state index contributed by atoms with van der Waals surface area (Å²) in [6.45, 7) is 6.39. The van der Waals surface area contributed by atoms with Gasteiger partial charge in [-0.25, -0.2) is 20.0 Å². The smallest absolute Gasteiger partial charge is 0.429 e. The van der Waals surface area contributed by atoms with Crippen LogP contribution in [0.5, 0.6) is 0 Å². The van der Waals surface area contributed by atoms with Crippen molar-refractivity contribution in [2.24, 2.45) is 0 Å². The maximum absolute atomic E-state index is 11.6. The van der Waals surface area contributed by atoms with Crippen LogP contribution in [0.4, 0.5) is 9.59 Å². The lowest BCUT2D eigenvalue weighted by molar-refractivity contribution is 0.106. The van der Waals surface area contributed by atoms with Crippen LogP contribution >= 0.6 is 11.8 Å². The number of hydrazine groups is 1. The molecule has 0 aromatic rings. The Morgan fingerprint density at radius 1 is 1.61 bits per heavy atom. The van der Waals surface area contributed by atoms with Gasteiger partial charge < -0.3 is 9.47 Å². The van der Waals surface area contributed by atoms with Gasteiger partial charge in [0.15, 0.2) is 0 Å². The molecule has 6 nitrogen and oxygen atoms in total. The number of cyclic esters (lactones) is 1. The number of nitrogens with one attached hydrogen (secondary N) is 1. The van der Waals surface area contributed by atoms with E-state index in [1.54, 1.807) is 18.7 Å². The highest BCUT2D eigenvalue weighted by atomic mass is 32.2. The Morgan fingerprint density at radius 3 is 2.89 bits per heavy atom. The Bertz CT molecular complexity index is 301. The summed E-state index contributed by atoms with van der Waals surface area (Å²) in [7, 11) is 0. The molecule has 0 radical (unpaired) electrons. The number of carbonyl (C=O) groups is 2. The molecule has 0 aromatic heterocycles. The van der Waals surface area contributed by atoms with Crippen LogP contribution in [0.1, 0.15) is 27.2 Å². The molecule has 2 amide bonds. The first-order chi connectivity index (χ1) is 8.63. The van der Waals surface area contributed by atoms with Crippen LogP contribution in [0.25, 0.3) is 0 Å². The van der Waals surface area contributed by atoms with Gasteiger partial charge in [0.1, 0.15) is 12.6 Å². The zero-order chi connectivity index (χ0) is 13.5. The predicted octanol–water partition coefficient (Wildman–Crippen LogP) is 2.00. The fourth-order valence-corrected chi connectivity index (χ4v) is 2.90. The second-order valence-electron chi connectivity index (χ2n) is 3.75. The minimum absolute atomic E-state index is 0.142. The molecule has 0 aliphatic carbocycles. The van der Waals surface area contributed by atoms with Crippen LogP contribution in [-0.2, 0) is 9.47 Å². The molecule has 1 aliphatic heterocycles. The fourth-order valence-electron chi connectivity index (χ4n) is 1.82. The van der Waals surface area contributed by atoms with Gasteiger partial charge in [-0.1, -0.05) is 13.8 Å². The summed E-state index contributed by atoms with van der Waals surface area (Å²) in [4.78, 5) is 22.9. The number of carbonyl (C=O) groups excluding carboxylic acids is 2. The van der Waals surface area contributed by atoms with Crippen molar-refractivity contribution in [3.63, 3.8) is 0 Å². The van der Waals surface area contributed by atoms with Crippen molar-refractivity contribution in [3.05, 3.63) is 0 Å². The third-order valence-electron chi connectivity index (χ3n) is 2.61. The lowest BCUT2D eigenvalue weighted by Gasteiger charge is -2.27. The van der Waals surface area contributed by atoms with Gasteiger partial charge in [0.25, 0.3) is 0 Å². The van der Waals surface area contributed by atoms with Crippen LogP contribution in [0.15, 0.2) is 0 Å². The molecule has 1 unspecified atom stereocenters. The third-order valence-corrected chi connectivity index (χ3v) is 4.01. The summed E-state index contributed by atoms with van der Waals surface area (Å²) in [5.41, 5.74) is 2.44. The maximum Gasteiger partial charge on any atom is 0.429 e. The molecular formula is C11H20N2O4S. The molecular weight excluding hydrogens is 256 g/mol. The van der Waals surface area contributed by atoms with Gasteiger partial charge in [-0.2, -0.15) is 11.8 Å². The molecule has 104 valence electrons. The summed E-state index contributed by atoms with van der Waals surface area (Å²) in [5, 5.41) is 1.48. The normalized spacial score (nSPS) is 20.5. The molecule has 0 spiro atoms. The second kappa shape index (κ2) is 7.35. The Labute approximate surface area is 111 Å². The number of ether oxygens (including phenoxy) is 2. The standard InChI is InChI=1S/C11H20N2O4S/c1-4-9(18-6-3)8-7-17-11(15)13(8)12-10(14)16-5-2/h8-9H,4-7H2,1-3H3,(H,12,14)/t8?,9-/m1/s1. The fraction of sp³-hybridized carbons (Fsp3) is 0.818. The van der Waals surface area contributed by atoms with Gasteiger partial charge in [0.2, 0.25) is 0 Å². The van der Waals surface area contributed by atoms with Crippen molar-refractivity contribution >= 4 is 23.9 Å². The summed E-state index contributed by atoms with van der Waals surface area (Å²) in [6, 6.07) is -0.142. The van der Waals surface area contributed by atoms with Gasteiger partial charge in [0, 0.05) is 5.25 Å². The molecule has 18 heavy (non-hydrogen) atoms. The van der Waals surface area contributed by atoms with E-state index in [0.29, 0.717) is 6.61 Å². The molecule has 1 saturated heterocycles. The topological polar surface area (TPSA) is 67.9 Å². The van der Waals surface area contributed by atoms with Crippen molar-refractivity contribution in [2.75, 3.05) is 19.0 Å². The quantitative estimate of drug-likeness (QED) is 0.803. The molecule has 1 rings (SSSR count). The number of hydrogen-bond donors (Lipinski definition) is 1. The molecule has 2 atom stereocenters. The van der Waals surface area contributed by atoms with E-state index in [2.05, 4.69) is 19.3 Å². The largest absolute Gasteiger partial charge is 0.449 e. The van der Waals surface area contributed by atoms with Crippen molar-refractivity contribution in [2.45, 2.75) is 38.5 Å². The number of thioether (sulfide) groups is 1. The second-order valence-corrected chi connectivity index (χ2v) is 5.26. The predicted molar refractivity (Wildman–Crippen MR) is 69.3 cm³/mol. The van der Waals surface area contributed by atoms with Crippen LogP contribution in [0.3, 0.4) is 0 Å². The van der Waals surface area contributed by atoms with Gasteiger partial charge in [-0.15, -0.1) is 0 Å². The first-order valence-corrected chi connectivity index (χ1v) is 7.19. The maximum atomic E-state index is 11.6. The zero-order valence-corrected chi connectivity index (χ0v) is 11.8. The summed E-state index contributed by atoms with van der Waals surface area (Å²) < 4.78 is 9.76. The molecule has 7 heteroatoms. The van der Waals surface area contributed by atoms with E-state index in [9.17, 15) is 9.59 Å². The molecule has 1 aliphatic rings. The van der Waals surface area contributed by atoms with Gasteiger partial charge in [-0.05, 0) is 19.1 Å². The van der Waals surface area contributed by atoms with E-state index in [1.807, 2.05) is 0 Å². The van der Waals surface area contributed by atoms with E-state index < -0.39 is 12.2 Å². The number of rotatable bonds is 6. The Hall–Kier alpha value is -1.11. The third kappa shape index (κ3) is 3.69. The van der Waals surface area contributed by atoms with E-state index in [1.165, 1.54) is 5.01 Å².